The average Bonchev–Trinajstić information content (AvgIpc) is 3.88. The fraction of sp³-hybridized carbons (Fsp3) is 0. The van der Waals surface area contributed by atoms with Gasteiger partial charge in [-0.05, 0) is 112 Å². The highest BCUT2D eigenvalue weighted by atomic mass is 16.3. The average molecular weight is 779 g/mol. The summed E-state index contributed by atoms with van der Waals surface area (Å²) in [6.45, 7) is 0. The van der Waals surface area contributed by atoms with Crippen LogP contribution in [0.5, 0.6) is 0 Å². The SMILES string of the molecule is c1cc(-c2ccc(N(c3ccc(-c4cccc(-n5c6ccccc6c6ccccc65)c4)cc3)c3cccc4ccccc34)cc2)cc(-c2cccc3oc4ccccc4c23)c1. The Morgan fingerprint density at radius 3 is 1.59 bits per heavy atom. The second-order valence-corrected chi connectivity index (χ2v) is 15.7. The minimum absolute atomic E-state index is 0.905. The lowest BCUT2D eigenvalue weighted by Gasteiger charge is -2.27. The van der Waals surface area contributed by atoms with Gasteiger partial charge in [0.15, 0.2) is 0 Å². The number of hydrogen-bond donors (Lipinski definition) is 0. The van der Waals surface area contributed by atoms with E-state index in [-0.39, 0.29) is 0 Å². The number of aromatic nitrogens is 1. The number of furan rings is 1. The minimum atomic E-state index is 0.905. The highest BCUT2D eigenvalue weighted by Gasteiger charge is 2.18. The molecular weight excluding hydrogens is 741 g/mol. The van der Waals surface area contributed by atoms with E-state index in [4.69, 9.17) is 4.42 Å². The first-order valence-corrected chi connectivity index (χ1v) is 20.8. The molecule has 0 aliphatic carbocycles. The Morgan fingerprint density at radius 1 is 0.344 bits per heavy atom. The van der Waals surface area contributed by atoms with Crippen LogP contribution >= 0.6 is 0 Å². The quantitative estimate of drug-likeness (QED) is 0.161. The zero-order valence-electron chi connectivity index (χ0n) is 33.2. The Labute approximate surface area is 353 Å². The van der Waals surface area contributed by atoms with Crippen molar-refractivity contribution in [2.24, 2.45) is 0 Å². The van der Waals surface area contributed by atoms with Gasteiger partial charge in [0.25, 0.3) is 0 Å². The molecule has 3 nitrogen and oxygen atoms in total. The smallest absolute Gasteiger partial charge is 0.136 e. The summed E-state index contributed by atoms with van der Waals surface area (Å²) in [5.74, 6) is 0. The van der Waals surface area contributed by atoms with Gasteiger partial charge in [0, 0.05) is 44.0 Å². The molecule has 0 spiro atoms. The molecule has 0 saturated heterocycles. The van der Waals surface area contributed by atoms with Gasteiger partial charge in [0.05, 0.1) is 16.7 Å². The zero-order valence-corrected chi connectivity index (χ0v) is 33.2. The number of hydrogen-bond acceptors (Lipinski definition) is 2. The van der Waals surface area contributed by atoms with E-state index < -0.39 is 0 Å². The van der Waals surface area contributed by atoms with Crippen molar-refractivity contribution in [1.82, 2.24) is 4.57 Å². The van der Waals surface area contributed by atoms with Crippen LogP contribution in [0.3, 0.4) is 0 Å². The van der Waals surface area contributed by atoms with Gasteiger partial charge in [-0.15, -0.1) is 0 Å². The second-order valence-electron chi connectivity index (χ2n) is 15.7. The van der Waals surface area contributed by atoms with Crippen molar-refractivity contribution in [3.63, 3.8) is 0 Å². The lowest BCUT2D eigenvalue weighted by Crippen LogP contribution is -2.10. The van der Waals surface area contributed by atoms with Crippen LogP contribution < -0.4 is 4.90 Å². The van der Waals surface area contributed by atoms with Crippen molar-refractivity contribution in [2.45, 2.75) is 0 Å². The van der Waals surface area contributed by atoms with Crippen molar-refractivity contribution in [3.8, 4) is 39.1 Å². The van der Waals surface area contributed by atoms with E-state index in [0.717, 1.165) is 61.4 Å². The first-order valence-electron chi connectivity index (χ1n) is 20.8. The molecule has 0 unspecified atom stereocenters. The molecule has 0 fully saturated rings. The lowest BCUT2D eigenvalue weighted by molar-refractivity contribution is 0.669. The van der Waals surface area contributed by atoms with Gasteiger partial charge in [0.1, 0.15) is 11.2 Å². The summed E-state index contributed by atoms with van der Waals surface area (Å²) in [6.07, 6.45) is 0. The van der Waals surface area contributed by atoms with Crippen molar-refractivity contribution >= 4 is 71.6 Å². The lowest BCUT2D eigenvalue weighted by atomic mass is 9.96. The highest BCUT2D eigenvalue weighted by molar-refractivity contribution is 6.13. The number of benzene rings is 10. The fourth-order valence-electron chi connectivity index (χ4n) is 9.34. The molecule has 0 aliphatic rings. The van der Waals surface area contributed by atoms with Gasteiger partial charge in [0.2, 0.25) is 0 Å². The predicted molar refractivity (Wildman–Crippen MR) is 257 cm³/mol. The van der Waals surface area contributed by atoms with Gasteiger partial charge in [-0.25, -0.2) is 0 Å². The monoisotopic (exact) mass is 778 g/mol. The molecule has 3 heteroatoms. The van der Waals surface area contributed by atoms with Gasteiger partial charge in [-0.2, -0.15) is 0 Å². The number of fused-ring (bicyclic) bond motifs is 7. The molecule has 286 valence electrons. The molecule has 0 atom stereocenters. The minimum Gasteiger partial charge on any atom is -0.456 e. The third-order valence-corrected chi connectivity index (χ3v) is 12.2. The van der Waals surface area contributed by atoms with E-state index in [9.17, 15) is 0 Å². The van der Waals surface area contributed by atoms with Crippen LogP contribution in [-0.2, 0) is 0 Å². The third-order valence-electron chi connectivity index (χ3n) is 12.2. The van der Waals surface area contributed by atoms with Crippen LogP contribution in [0.15, 0.2) is 235 Å². The Hall–Kier alpha value is -8.14. The maximum atomic E-state index is 6.23. The van der Waals surface area contributed by atoms with E-state index in [2.05, 4.69) is 228 Å². The molecule has 0 amide bonds. The Balaban J connectivity index is 0.917. The van der Waals surface area contributed by atoms with Crippen molar-refractivity contribution in [3.05, 3.63) is 231 Å². The highest BCUT2D eigenvalue weighted by Crippen LogP contribution is 2.42. The van der Waals surface area contributed by atoms with E-state index >= 15 is 0 Å². The Bertz CT molecular complexity index is 3530. The van der Waals surface area contributed by atoms with E-state index in [1.54, 1.807) is 0 Å². The van der Waals surface area contributed by atoms with Gasteiger partial charge in [-0.3, -0.25) is 0 Å². The summed E-state index contributed by atoms with van der Waals surface area (Å²) >= 11 is 0. The summed E-state index contributed by atoms with van der Waals surface area (Å²) in [5, 5.41) is 7.22. The van der Waals surface area contributed by atoms with Crippen LogP contribution in [0.1, 0.15) is 0 Å². The first-order chi connectivity index (χ1) is 30.2. The van der Waals surface area contributed by atoms with Crippen molar-refractivity contribution in [2.75, 3.05) is 4.90 Å². The summed E-state index contributed by atoms with van der Waals surface area (Å²) in [4.78, 5) is 2.38. The maximum Gasteiger partial charge on any atom is 0.136 e. The van der Waals surface area contributed by atoms with Crippen molar-refractivity contribution < 1.29 is 4.42 Å². The number of para-hydroxylation sites is 3. The zero-order chi connectivity index (χ0) is 40.3. The normalized spacial score (nSPS) is 11.6. The molecule has 2 heterocycles. The standard InChI is InChI=1S/C58H38N2O/c1-2-19-48-41(13-1)14-11-26-53(48)59(45-33-29-39(30-34-45)42-15-9-17-44(37-42)49-23-12-28-57-58(49)52-22-5-8-27-56(52)61-57)46-35-31-40(32-36-46)43-16-10-18-47(38-43)60-54-24-6-3-20-50(54)51-21-4-7-25-55(51)60/h1-38H. The second kappa shape index (κ2) is 14.3. The van der Waals surface area contributed by atoms with Crippen LogP contribution in [0.25, 0.3) is 93.6 Å². The molecule has 0 radical (unpaired) electrons. The van der Waals surface area contributed by atoms with Crippen LogP contribution in [-0.4, -0.2) is 4.57 Å². The summed E-state index contributed by atoms with van der Waals surface area (Å²) < 4.78 is 8.61. The summed E-state index contributed by atoms with van der Waals surface area (Å²) in [5.41, 5.74) is 15.7. The maximum absolute atomic E-state index is 6.23. The van der Waals surface area contributed by atoms with Gasteiger partial charge >= 0.3 is 0 Å². The summed E-state index contributed by atoms with van der Waals surface area (Å²) in [7, 11) is 0. The molecule has 0 saturated carbocycles. The predicted octanol–water partition coefficient (Wildman–Crippen LogP) is 16.3. The third kappa shape index (κ3) is 5.90. The summed E-state index contributed by atoms with van der Waals surface area (Å²) in [6, 6.07) is 82.9. The van der Waals surface area contributed by atoms with Crippen molar-refractivity contribution in [1.29, 1.82) is 0 Å². The Kier molecular flexibility index (Phi) is 8.17. The molecule has 12 aromatic rings. The number of anilines is 3. The largest absolute Gasteiger partial charge is 0.456 e. The molecule has 0 aliphatic heterocycles. The van der Waals surface area contributed by atoms with E-state index in [1.165, 1.54) is 49.3 Å². The molecule has 2 aromatic heterocycles. The van der Waals surface area contributed by atoms with Crippen LogP contribution in [0.2, 0.25) is 0 Å². The molecule has 12 rings (SSSR count). The fourth-order valence-corrected chi connectivity index (χ4v) is 9.34. The number of rotatable bonds is 7. The molecular formula is C58H38N2O. The topological polar surface area (TPSA) is 21.3 Å². The van der Waals surface area contributed by atoms with Crippen LogP contribution in [0, 0.1) is 0 Å². The molecule has 0 N–H and O–H groups in total. The number of nitrogens with zero attached hydrogens (tertiary/aromatic N) is 2. The van der Waals surface area contributed by atoms with Gasteiger partial charge < -0.3 is 13.9 Å². The molecule has 0 bridgehead atoms. The molecule has 10 aromatic carbocycles. The van der Waals surface area contributed by atoms with Crippen LogP contribution in [0.4, 0.5) is 17.1 Å². The van der Waals surface area contributed by atoms with Gasteiger partial charge in [-0.1, -0.05) is 158 Å². The molecule has 61 heavy (non-hydrogen) atoms. The van der Waals surface area contributed by atoms with E-state index in [0.29, 0.717) is 0 Å². The van der Waals surface area contributed by atoms with E-state index in [1.807, 2.05) is 12.1 Å². The first kappa shape index (κ1) is 34.9. The Morgan fingerprint density at radius 2 is 0.869 bits per heavy atom.